The van der Waals surface area contributed by atoms with E-state index in [1.807, 2.05) is 6.20 Å². The molecule has 0 bridgehead atoms. The molecule has 1 fully saturated rings. The van der Waals surface area contributed by atoms with Gasteiger partial charge in [0.1, 0.15) is 0 Å². The van der Waals surface area contributed by atoms with E-state index in [1.165, 1.54) is 25.1 Å². The molecule has 2 unspecified atom stereocenters. The number of H-pyrrole nitrogens is 1. The highest BCUT2D eigenvalue weighted by atomic mass is 15.1. The molecule has 1 aromatic heterocycles. The van der Waals surface area contributed by atoms with Gasteiger partial charge in [-0.15, -0.1) is 0 Å². The number of hydrogen-bond donors (Lipinski definition) is 2. The highest BCUT2D eigenvalue weighted by molar-refractivity contribution is 5.81. The minimum atomic E-state index is 0.580. The molecule has 2 aromatic rings. The standard InChI is InChI=1S/C14H20N4/c1-10-7-13(5-6-18(10)2)16-12-4-3-11-9-15-17-14(11)8-12/h3-4,8-10,13,16H,5-7H2,1-2H3,(H,15,17). The van der Waals surface area contributed by atoms with Gasteiger partial charge in [0.25, 0.3) is 0 Å². The molecule has 1 saturated heterocycles. The summed E-state index contributed by atoms with van der Waals surface area (Å²) in [5.41, 5.74) is 2.29. The van der Waals surface area contributed by atoms with Crippen molar-refractivity contribution in [2.24, 2.45) is 0 Å². The molecule has 2 N–H and O–H groups in total. The summed E-state index contributed by atoms with van der Waals surface area (Å²) < 4.78 is 0. The molecular formula is C14H20N4. The number of nitrogens with zero attached hydrogens (tertiary/aromatic N) is 2. The van der Waals surface area contributed by atoms with Gasteiger partial charge in [-0.3, -0.25) is 5.10 Å². The highest BCUT2D eigenvalue weighted by Gasteiger charge is 2.22. The van der Waals surface area contributed by atoms with E-state index in [9.17, 15) is 0 Å². The lowest BCUT2D eigenvalue weighted by Crippen LogP contribution is -2.42. The van der Waals surface area contributed by atoms with E-state index in [4.69, 9.17) is 0 Å². The minimum absolute atomic E-state index is 0.580. The molecule has 2 atom stereocenters. The summed E-state index contributed by atoms with van der Waals surface area (Å²) in [6, 6.07) is 7.63. The molecule has 1 aromatic carbocycles. The number of fused-ring (bicyclic) bond motifs is 1. The zero-order valence-electron chi connectivity index (χ0n) is 11.0. The van der Waals surface area contributed by atoms with Crippen LogP contribution in [0, 0.1) is 0 Å². The number of benzene rings is 1. The number of aromatic amines is 1. The van der Waals surface area contributed by atoms with Crippen molar-refractivity contribution in [3.05, 3.63) is 24.4 Å². The van der Waals surface area contributed by atoms with Gasteiger partial charge >= 0.3 is 0 Å². The molecule has 0 radical (unpaired) electrons. The van der Waals surface area contributed by atoms with Crippen molar-refractivity contribution in [2.45, 2.75) is 31.8 Å². The molecule has 0 amide bonds. The maximum absolute atomic E-state index is 4.05. The number of aromatic nitrogens is 2. The third-order valence-electron chi connectivity index (χ3n) is 4.02. The predicted molar refractivity (Wildman–Crippen MR) is 74.8 cm³/mol. The van der Waals surface area contributed by atoms with E-state index in [-0.39, 0.29) is 0 Å². The monoisotopic (exact) mass is 244 g/mol. The molecule has 0 spiro atoms. The Bertz CT molecular complexity index is 533. The fraction of sp³-hybridized carbons (Fsp3) is 0.500. The smallest absolute Gasteiger partial charge is 0.0670 e. The van der Waals surface area contributed by atoms with Gasteiger partial charge in [0, 0.05) is 29.7 Å². The second-order valence-electron chi connectivity index (χ2n) is 5.37. The summed E-state index contributed by atoms with van der Waals surface area (Å²) >= 11 is 0. The average molecular weight is 244 g/mol. The van der Waals surface area contributed by atoms with Crippen LogP contribution in [0.1, 0.15) is 19.8 Å². The van der Waals surface area contributed by atoms with E-state index in [1.54, 1.807) is 0 Å². The summed E-state index contributed by atoms with van der Waals surface area (Å²) in [5, 5.41) is 11.9. The fourth-order valence-corrected chi connectivity index (χ4v) is 2.68. The molecule has 3 rings (SSSR count). The molecule has 0 saturated carbocycles. The molecule has 2 heterocycles. The van der Waals surface area contributed by atoms with Gasteiger partial charge < -0.3 is 10.2 Å². The van der Waals surface area contributed by atoms with Crippen LogP contribution >= 0.6 is 0 Å². The summed E-state index contributed by atoms with van der Waals surface area (Å²) in [6.07, 6.45) is 4.27. The Hall–Kier alpha value is -1.55. The van der Waals surface area contributed by atoms with Gasteiger partial charge in [-0.1, -0.05) is 0 Å². The highest BCUT2D eigenvalue weighted by Crippen LogP contribution is 2.22. The van der Waals surface area contributed by atoms with Crippen molar-refractivity contribution < 1.29 is 0 Å². The topological polar surface area (TPSA) is 44.0 Å². The van der Waals surface area contributed by atoms with Crippen LogP contribution in [-0.4, -0.2) is 40.8 Å². The molecule has 96 valence electrons. The van der Waals surface area contributed by atoms with Crippen LogP contribution < -0.4 is 5.32 Å². The van der Waals surface area contributed by atoms with Gasteiger partial charge in [0.15, 0.2) is 0 Å². The third-order valence-corrected chi connectivity index (χ3v) is 4.02. The van der Waals surface area contributed by atoms with Crippen molar-refractivity contribution >= 4 is 16.6 Å². The lowest BCUT2D eigenvalue weighted by molar-refractivity contribution is 0.190. The lowest BCUT2D eigenvalue weighted by atomic mass is 9.98. The summed E-state index contributed by atoms with van der Waals surface area (Å²) in [6.45, 7) is 3.47. The SMILES string of the molecule is CC1CC(Nc2ccc3cn[nH]c3c2)CCN1C. The largest absolute Gasteiger partial charge is 0.382 e. The van der Waals surface area contributed by atoms with Crippen molar-refractivity contribution in [1.82, 2.24) is 15.1 Å². The number of hydrogen-bond acceptors (Lipinski definition) is 3. The Morgan fingerprint density at radius 1 is 1.44 bits per heavy atom. The zero-order chi connectivity index (χ0) is 12.5. The molecule has 0 aliphatic carbocycles. The lowest BCUT2D eigenvalue weighted by Gasteiger charge is -2.35. The first-order chi connectivity index (χ1) is 8.72. The van der Waals surface area contributed by atoms with Crippen LogP contribution in [0.2, 0.25) is 0 Å². The van der Waals surface area contributed by atoms with E-state index in [2.05, 4.69) is 52.6 Å². The first-order valence-electron chi connectivity index (χ1n) is 6.62. The normalized spacial score (nSPS) is 25.4. The van der Waals surface area contributed by atoms with Crippen LogP contribution in [0.4, 0.5) is 5.69 Å². The van der Waals surface area contributed by atoms with Crippen molar-refractivity contribution in [3.8, 4) is 0 Å². The molecule has 4 nitrogen and oxygen atoms in total. The predicted octanol–water partition coefficient (Wildman–Crippen LogP) is 2.46. The maximum atomic E-state index is 4.05. The van der Waals surface area contributed by atoms with Crippen LogP contribution in [0.15, 0.2) is 24.4 Å². The minimum Gasteiger partial charge on any atom is -0.382 e. The van der Waals surface area contributed by atoms with Gasteiger partial charge in [-0.05, 0) is 45.0 Å². The Labute approximate surface area is 107 Å². The number of piperidine rings is 1. The van der Waals surface area contributed by atoms with Crippen LogP contribution in [0.3, 0.4) is 0 Å². The quantitative estimate of drug-likeness (QED) is 0.853. The number of anilines is 1. The van der Waals surface area contributed by atoms with Crippen LogP contribution in [-0.2, 0) is 0 Å². The first-order valence-corrected chi connectivity index (χ1v) is 6.62. The Morgan fingerprint density at radius 2 is 2.33 bits per heavy atom. The Kier molecular flexibility index (Phi) is 2.96. The van der Waals surface area contributed by atoms with Crippen LogP contribution in [0.5, 0.6) is 0 Å². The van der Waals surface area contributed by atoms with Crippen LogP contribution in [0.25, 0.3) is 10.9 Å². The molecule has 1 aliphatic heterocycles. The second-order valence-corrected chi connectivity index (χ2v) is 5.37. The second kappa shape index (κ2) is 4.61. The van der Waals surface area contributed by atoms with E-state index >= 15 is 0 Å². The summed E-state index contributed by atoms with van der Waals surface area (Å²) in [7, 11) is 2.21. The van der Waals surface area contributed by atoms with Crippen molar-refractivity contribution in [2.75, 3.05) is 18.9 Å². The first kappa shape index (κ1) is 11.5. The number of rotatable bonds is 2. The van der Waals surface area contributed by atoms with Gasteiger partial charge in [-0.25, -0.2) is 0 Å². The van der Waals surface area contributed by atoms with Gasteiger partial charge in [0.05, 0.1) is 11.7 Å². The maximum Gasteiger partial charge on any atom is 0.0670 e. The van der Waals surface area contributed by atoms with Gasteiger partial charge in [0.2, 0.25) is 0 Å². The molecule has 4 heteroatoms. The van der Waals surface area contributed by atoms with E-state index in [0.717, 1.165) is 10.9 Å². The van der Waals surface area contributed by atoms with E-state index < -0.39 is 0 Å². The third kappa shape index (κ3) is 2.20. The van der Waals surface area contributed by atoms with E-state index in [0.29, 0.717) is 12.1 Å². The zero-order valence-corrected chi connectivity index (χ0v) is 11.0. The fourth-order valence-electron chi connectivity index (χ4n) is 2.68. The molecular weight excluding hydrogens is 224 g/mol. The van der Waals surface area contributed by atoms with Crippen molar-refractivity contribution in [3.63, 3.8) is 0 Å². The summed E-state index contributed by atoms with van der Waals surface area (Å²) in [5.74, 6) is 0. The number of nitrogens with one attached hydrogen (secondary N) is 2. The van der Waals surface area contributed by atoms with Crippen molar-refractivity contribution in [1.29, 1.82) is 0 Å². The Morgan fingerprint density at radius 3 is 3.17 bits per heavy atom. The van der Waals surface area contributed by atoms with Gasteiger partial charge in [-0.2, -0.15) is 5.10 Å². The average Bonchev–Trinajstić information content (AvgIpc) is 2.81. The summed E-state index contributed by atoms with van der Waals surface area (Å²) in [4.78, 5) is 2.43. The molecule has 1 aliphatic rings. The number of likely N-dealkylation sites (tertiary alicyclic amines) is 1. The Balaban J connectivity index is 1.72. The molecule has 18 heavy (non-hydrogen) atoms.